The number of hydrogen-bond donors (Lipinski definition) is 4. The summed E-state index contributed by atoms with van der Waals surface area (Å²) >= 11 is 0.930. The zero-order valence-corrected chi connectivity index (χ0v) is 19.7. The van der Waals surface area contributed by atoms with E-state index in [0.29, 0.717) is 17.0 Å². The molecule has 2 aliphatic rings. The summed E-state index contributed by atoms with van der Waals surface area (Å²) in [4.78, 5) is 43.4. The van der Waals surface area contributed by atoms with Crippen molar-refractivity contribution in [2.75, 3.05) is 18.4 Å². The van der Waals surface area contributed by atoms with Gasteiger partial charge in [0.2, 0.25) is 5.91 Å². The van der Waals surface area contributed by atoms with E-state index in [1.165, 1.54) is 12.0 Å². The molecule has 3 atom stereocenters. The molecule has 2 aliphatic heterocycles. The molecule has 17 heteroatoms. The van der Waals surface area contributed by atoms with Gasteiger partial charge in [0, 0.05) is 16.7 Å². The summed E-state index contributed by atoms with van der Waals surface area (Å²) in [6, 6.07) is -2.00. The zero-order valence-electron chi connectivity index (χ0n) is 17.3. The van der Waals surface area contributed by atoms with Crippen LogP contribution in [0.4, 0.5) is 9.80 Å². The molecule has 6 N–H and O–H groups in total. The average Bonchev–Trinajstić information content (AvgIpc) is 3.14. The molecule has 0 bridgehead atoms. The Bertz CT molecular complexity index is 1130. The van der Waals surface area contributed by atoms with E-state index in [2.05, 4.69) is 13.6 Å². The molecule has 1 saturated heterocycles. The smallest absolute Gasteiger partial charge is 0.339 e. The first-order chi connectivity index (χ1) is 14.9. The van der Waals surface area contributed by atoms with Crippen LogP contribution >= 0.6 is 11.5 Å². The van der Waals surface area contributed by atoms with Crippen molar-refractivity contribution < 1.29 is 27.6 Å². The Labute approximate surface area is 190 Å². The van der Waals surface area contributed by atoms with Crippen LogP contribution < -0.4 is 20.9 Å². The number of carbonyl (C=O) groups excluding carboxylic acids is 3. The van der Waals surface area contributed by atoms with Crippen molar-refractivity contribution in [2.45, 2.75) is 31.8 Å². The lowest BCUT2D eigenvalue weighted by Crippen LogP contribution is -2.69. The molecule has 0 radical (unpaired) electrons. The summed E-state index contributed by atoms with van der Waals surface area (Å²) in [5.41, 5.74) is 12.3. The number of nitrogens with two attached hydrogens (primary N) is 2. The number of urea groups is 1. The fourth-order valence-electron chi connectivity index (χ4n) is 3.02. The number of amides is 4. The largest absolute Gasteiger partial charge is 0.369 e. The fourth-order valence-corrected chi connectivity index (χ4v) is 6.37. The number of primary amides is 1. The van der Waals surface area contributed by atoms with Crippen molar-refractivity contribution in [3.8, 4) is 0 Å². The maximum atomic E-state index is 12.7. The molecule has 1 aromatic heterocycles. The molecule has 1 fully saturated rings. The lowest BCUT2D eigenvalue weighted by atomic mass is 10.1. The minimum atomic E-state index is -4.29. The molecular weight excluding hydrogens is 484 g/mol. The van der Waals surface area contributed by atoms with E-state index < -0.39 is 50.3 Å². The second kappa shape index (κ2) is 9.10. The van der Waals surface area contributed by atoms with Crippen LogP contribution in [0.2, 0.25) is 0 Å². The van der Waals surface area contributed by atoms with E-state index in [0.717, 1.165) is 16.4 Å². The number of rotatable bonds is 7. The third-order valence-electron chi connectivity index (χ3n) is 4.72. The van der Waals surface area contributed by atoms with Crippen LogP contribution in [0, 0.1) is 13.8 Å². The van der Waals surface area contributed by atoms with Gasteiger partial charge in [-0.25, -0.2) is 14.4 Å². The lowest BCUT2D eigenvalue weighted by molar-refractivity contribution is -0.144. The Morgan fingerprint density at radius 2 is 2.12 bits per heavy atom. The standard InChI is InChI=1S/C15H22N8O6S3/c1-7-8(2)18-30-12(7)19-32(27,28)20-15(26)22-5-10(13(22)25)23-9(4-11(16)24)6-31(14(23)17)21-29-3/h6,10,14,19H,4-5,17H2,1-3H3,(H2,16,24)(H,20,26). The molecule has 0 aromatic carbocycles. The number of β-lactam (4-membered cyclic amide) rings is 1. The second-order valence-electron chi connectivity index (χ2n) is 6.85. The molecule has 14 nitrogen and oxygen atoms in total. The Kier molecular flexibility index (Phi) is 6.84. The van der Waals surface area contributed by atoms with Gasteiger partial charge in [0.05, 0.1) is 25.8 Å². The Balaban J connectivity index is 1.68. The Morgan fingerprint density at radius 1 is 1.44 bits per heavy atom. The molecule has 32 heavy (non-hydrogen) atoms. The van der Waals surface area contributed by atoms with Crippen LogP contribution in [0.1, 0.15) is 17.7 Å². The maximum Gasteiger partial charge on any atom is 0.339 e. The molecule has 4 amide bonds. The first kappa shape index (κ1) is 24.1. The summed E-state index contributed by atoms with van der Waals surface area (Å²) in [6.07, 6.45) is -0.182. The van der Waals surface area contributed by atoms with Crippen LogP contribution in [-0.2, 0) is 35.3 Å². The van der Waals surface area contributed by atoms with Gasteiger partial charge in [-0.15, -0.1) is 4.53 Å². The minimum absolute atomic E-state index is 0.146. The molecule has 3 rings (SSSR count). The van der Waals surface area contributed by atoms with E-state index in [1.807, 2.05) is 0 Å². The number of aryl methyl sites for hydroxylation is 1. The number of anilines is 1. The molecule has 3 heterocycles. The van der Waals surface area contributed by atoms with Crippen molar-refractivity contribution in [2.24, 2.45) is 16.0 Å². The number of carbonyl (C=O) groups is 3. The van der Waals surface area contributed by atoms with Crippen LogP contribution in [0.15, 0.2) is 15.6 Å². The Morgan fingerprint density at radius 3 is 2.66 bits per heavy atom. The number of aromatic nitrogens is 1. The maximum absolute atomic E-state index is 12.7. The topological polar surface area (TPSA) is 202 Å². The number of nitrogens with one attached hydrogen (secondary N) is 2. The van der Waals surface area contributed by atoms with Gasteiger partial charge >= 0.3 is 16.2 Å². The third-order valence-corrected chi connectivity index (χ3v) is 8.28. The molecule has 1 aromatic rings. The average molecular weight is 507 g/mol. The van der Waals surface area contributed by atoms with Gasteiger partial charge in [0.25, 0.3) is 5.91 Å². The van der Waals surface area contributed by atoms with Crippen molar-refractivity contribution in [1.82, 2.24) is 18.9 Å². The third kappa shape index (κ3) is 4.75. The molecule has 0 aliphatic carbocycles. The van der Waals surface area contributed by atoms with Crippen LogP contribution in [0.5, 0.6) is 0 Å². The Hall–Kier alpha value is -2.60. The van der Waals surface area contributed by atoms with Crippen molar-refractivity contribution in [3.63, 3.8) is 0 Å². The summed E-state index contributed by atoms with van der Waals surface area (Å²) in [6.45, 7) is 3.26. The highest BCUT2D eigenvalue weighted by Crippen LogP contribution is 2.31. The van der Waals surface area contributed by atoms with E-state index in [9.17, 15) is 22.8 Å². The first-order valence-corrected chi connectivity index (χ1v) is 12.6. The minimum Gasteiger partial charge on any atom is -0.369 e. The van der Waals surface area contributed by atoms with Gasteiger partial charge in [-0.3, -0.25) is 19.2 Å². The summed E-state index contributed by atoms with van der Waals surface area (Å²) in [5, 5.41) is 1.84. The van der Waals surface area contributed by atoms with Crippen molar-refractivity contribution in [1.29, 1.82) is 0 Å². The van der Waals surface area contributed by atoms with Crippen LogP contribution in [0.25, 0.3) is 0 Å². The van der Waals surface area contributed by atoms with Crippen molar-refractivity contribution in [3.05, 3.63) is 22.4 Å². The molecule has 3 unspecified atom stereocenters. The van der Waals surface area contributed by atoms with E-state index in [4.69, 9.17) is 16.3 Å². The van der Waals surface area contributed by atoms with Gasteiger partial charge in [-0.1, -0.05) is 0 Å². The van der Waals surface area contributed by atoms with Gasteiger partial charge in [-0.2, -0.15) is 12.8 Å². The molecular formula is C15H22N8O6S3. The zero-order chi connectivity index (χ0) is 23.8. The predicted octanol–water partition coefficient (Wildman–Crippen LogP) is -1.02. The normalized spacial score (nSPS) is 23.2. The predicted molar refractivity (Wildman–Crippen MR) is 117 cm³/mol. The van der Waals surface area contributed by atoms with Gasteiger partial charge < -0.3 is 16.4 Å². The highest BCUT2D eigenvalue weighted by molar-refractivity contribution is 7.91. The van der Waals surface area contributed by atoms with E-state index >= 15 is 0 Å². The lowest BCUT2D eigenvalue weighted by Gasteiger charge is -2.44. The van der Waals surface area contributed by atoms with E-state index in [1.54, 1.807) is 24.0 Å². The van der Waals surface area contributed by atoms with Crippen LogP contribution in [-0.4, -0.2) is 65.6 Å². The van der Waals surface area contributed by atoms with E-state index in [-0.39, 0.29) is 18.0 Å². The summed E-state index contributed by atoms with van der Waals surface area (Å²) in [5.74, 6) is -1.32. The van der Waals surface area contributed by atoms with Gasteiger partial charge in [0.1, 0.15) is 16.5 Å². The van der Waals surface area contributed by atoms with Crippen molar-refractivity contribution >= 4 is 55.3 Å². The molecule has 0 saturated carbocycles. The summed E-state index contributed by atoms with van der Waals surface area (Å²) < 4.78 is 36.5. The number of nitrogens with zero attached hydrogens (tertiary/aromatic N) is 4. The highest BCUT2D eigenvalue weighted by atomic mass is 32.2. The van der Waals surface area contributed by atoms with Crippen LogP contribution in [0.3, 0.4) is 0 Å². The second-order valence-corrected chi connectivity index (χ2v) is 10.6. The summed E-state index contributed by atoms with van der Waals surface area (Å²) in [7, 11) is -3.91. The molecule has 176 valence electrons. The monoisotopic (exact) mass is 506 g/mol. The fraction of sp³-hybridized carbons (Fsp3) is 0.467. The number of imide groups is 1. The number of hydrogen-bond acceptors (Lipinski definition) is 11. The van der Waals surface area contributed by atoms with Gasteiger partial charge in [-0.05, 0) is 36.1 Å². The SMILES string of the molecule is CO/N=S1/C=C(CC(N)=O)N(C2CN(C(=O)NS(=O)(=O)Nc3snc(C)c3C)C2=O)C1N. The first-order valence-electron chi connectivity index (χ1n) is 9.03. The number of likely N-dealkylation sites (tertiary alicyclic amines) is 1. The highest BCUT2D eigenvalue weighted by Gasteiger charge is 2.49. The quantitative estimate of drug-likeness (QED) is 0.263. The molecule has 0 spiro atoms. The van der Waals surface area contributed by atoms with Gasteiger partial charge in [0.15, 0.2) is 0 Å².